The standard InChI is InChI=1S/C14H25NO2/c1-17-13-6-5-9-15(10-13)11-14(12-16)7-3-2-4-8-14/h12-13H,2-11H2,1H3. The van der Waals surface area contributed by atoms with E-state index < -0.39 is 0 Å². The molecule has 17 heavy (non-hydrogen) atoms. The van der Waals surface area contributed by atoms with E-state index in [1.165, 1.54) is 38.4 Å². The Morgan fingerprint density at radius 2 is 2.06 bits per heavy atom. The van der Waals surface area contributed by atoms with E-state index in [0.29, 0.717) is 6.10 Å². The van der Waals surface area contributed by atoms with Crippen molar-refractivity contribution in [2.45, 2.75) is 51.0 Å². The summed E-state index contributed by atoms with van der Waals surface area (Å²) in [4.78, 5) is 13.9. The van der Waals surface area contributed by atoms with Crippen LogP contribution in [0.15, 0.2) is 0 Å². The minimum atomic E-state index is -0.0477. The number of carbonyl (C=O) groups is 1. The normalized spacial score (nSPS) is 30.1. The highest BCUT2D eigenvalue weighted by molar-refractivity contribution is 5.60. The zero-order valence-electron chi connectivity index (χ0n) is 11.0. The highest BCUT2D eigenvalue weighted by Gasteiger charge is 2.34. The summed E-state index contributed by atoms with van der Waals surface area (Å²) in [7, 11) is 1.80. The zero-order chi connectivity index (χ0) is 12.1. The molecule has 0 aromatic rings. The minimum Gasteiger partial charge on any atom is -0.380 e. The first-order valence-corrected chi connectivity index (χ1v) is 6.99. The molecule has 2 aliphatic rings. The van der Waals surface area contributed by atoms with Crippen LogP contribution in [-0.4, -0.2) is 44.0 Å². The molecule has 0 radical (unpaired) electrons. The Labute approximate surface area is 105 Å². The predicted molar refractivity (Wildman–Crippen MR) is 68.1 cm³/mol. The lowest BCUT2D eigenvalue weighted by Gasteiger charge is -2.40. The number of carbonyl (C=O) groups excluding carboxylic acids is 1. The van der Waals surface area contributed by atoms with Gasteiger partial charge in [-0.25, -0.2) is 0 Å². The van der Waals surface area contributed by atoms with E-state index in [9.17, 15) is 4.79 Å². The van der Waals surface area contributed by atoms with Gasteiger partial charge in [-0.15, -0.1) is 0 Å². The topological polar surface area (TPSA) is 29.5 Å². The summed E-state index contributed by atoms with van der Waals surface area (Å²) in [5, 5.41) is 0. The Morgan fingerprint density at radius 3 is 2.71 bits per heavy atom. The maximum atomic E-state index is 11.4. The van der Waals surface area contributed by atoms with Gasteiger partial charge >= 0.3 is 0 Å². The summed E-state index contributed by atoms with van der Waals surface area (Å²) in [6.45, 7) is 3.10. The molecule has 3 heteroatoms. The molecule has 1 atom stereocenters. The maximum absolute atomic E-state index is 11.4. The number of rotatable bonds is 4. The second-order valence-corrected chi connectivity index (χ2v) is 5.78. The fourth-order valence-corrected chi connectivity index (χ4v) is 3.36. The SMILES string of the molecule is COC1CCCN(CC2(C=O)CCCCC2)C1. The van der Waals surface area contributed by atoms with Crippen LogP contribution in [0.25, 0.3) is 0 Å². The molecule has 0 bridgehead atoms. The van der Waals surface area contributed by atoms with Gasteiger partial charge in [0, 0.05) is 25.6 Å². The van der Waals surface area contributed by atoms with Gasteiger partial charge in [-0.1, -0.05) is 19.3 Å². The van der Waals surface area contributed by atoms with Crippen molar-refractivity contribution >= 4 is 6.29 Å². The first kappa shape index (κ1) is 13.0. The second kappa shape index (κ2) is 5.96. The number of ether oxygens (including phenoxy) is 1. The Hall–Kier alpha value is -0.410. The van der Waals surface area contributed by atoms with Gasteiger partial charge in [-0.3, -0.25) is 4.90 Å². The largest absolute Gasteiger partial charge is 0.380 e. The number of hydrogen-bond acceptors (Lipinski definition) is 3. The van der Waals surface area contributed by atoms with Crippen LogP contribution in [0.3, 0.4) is 0 Å². The van der Waals surface area contributed by atoms with E-state index in [2.05, 4.69) is 4.90 Å². The number of nitrogens with zero attached hydrogens (tertiary/aromatic N) is 1. The number of likely N-dealkylation sites (tertiary alicyclic amines) is 1. The van der Waals surface area contributed by atoms with Gasteiger partial charge in [0.25, 0.3) is 0 Å². The molecule has 0 amide bonds. The summed E-state index contributed by atoms with van der Waals surface area (Å²) in [5.41, 5.74) is -0.0477. The van der Waals surface area contributed by atoms with E-state index in [1.54, 1.807) is 7.11 Å². The Morgan fingerprint density at radius 1 is 1.29 bits per heavy atom. The molecule has 2 fully saturated rings. The molecule has 1 unspecified atom stereocenters. The van der Waals surface area contributed by atoms with Gasteiger partial charge in [0.2, 0.25) is 0 Å². The molecule has 0 aromatic heterocycles. The lowest BCUT2D eigenvalue weighted by atomic mass is 9.74. The number of aldehydes is 1. The van der Waals surface area contributed by atoms with Crippen molar-refractivity contribution in [2.75, 3.05) is 26.7 Å². The molecular formula is C14H25NO2. The van der Waals surface area contributed by atoms with Crippen LogP contribution < -0.4 is 0 Å². The minimum absolute atomic E-state index is 0.0477. The molecule has 3 nitrogen and oxygen atoms in total. The summed E-state index contributed by atoms with van der Waals surface area (Å²) >= 11 is 0. The lowest BCUT2D eigenvalue weighted by Crippen LogP contribution is -2.46. The van der Waals surface area contributed by atoms with Crippen LogP contribution in [0, 0.1) is 5.41 Å². The van der Waals surface area contributed by atoms with Gasteiger partial charge in [-0.2, -0.15) is 0 Å². The monoisotopic (exact) mass is 239 g/mol. The van der Waals surface area contributed by atoms with Gasteiger partial charge in [0.1, 0.15) is 6.29 Å². The summed E-state index contributed by atoms with van der Waals surface area (Å²) in [5.74, 6) is 0. The molecule has 0 N–H and O–H groups in total. The third-order valence-corrected chi connectivity index (χ3v) is 4.43. The maximum Gasteiger partial charge on any atom is 0.127 e. The van der Waals surface area contributed by atoms with Gasteiger partial charge in [0.15, 0.2) is 0 Å². The molecule has 1 saturated carbocycles. The smallest absolute Gasteiger partial charge is 0.127 e. The van der Waals surface area contributed by atoms with Crippen LogP contribution in [0.2, 0.25) is 0 Å². The quantitative estimate of drug-likeness (QED) is 0.705. The van der Waals surface area contributed by atoms with Gasteiger partial charge in [-0.05, 0) is 32.2 Å². The van der Waals surface area contributed by atoms with Crippen molar-refractivity contribution in [2.24, 2.45) is 5.41 Å². The summed E-state index contributed by atoms with van der Waals surface area (Å²) in [6, 6.07) is 0. The predicted octanol–water partition coefficient (Wildman–Crippen LogP) is 2.25. The van der Waals surface area contributed by atoms with Crippen LogP contribution in [0.5, 0.6) is 0 Å². The van der Waals surface area contributed by atoms with Crippen LogP contribution >= 0.6 is 0 Å². The molecule has 98 valence electrons. The number of methoxy groups -OCH3 is 1. The number of hydrogen-bond donors (Lipinski definition) is 0. The van der Waals surface area contributed by atoms with E-state index in [0.717, 1.165) is 32.5 Å². The molecule has 1 heterocycles. The van der Waals surface area contributed by atoms with Crippen molar-refractivity contribution in [1.29, 1.82) is 0 Å². The zero-order valence-corrected chi connectivity index (χ0v) is 11.0. The average molecular weight is 239 g/mol. The molecule has 1 aliphatic heterocycles. The van der Waals surface area contributed by atoms with E-state index in [-0.39, 0.29) is 5.41 Å². The Balaban J connectivity index is 1.91. The highest BCUT2D eigenvalue weighted by Crippen LogP contribution is 2.35. The van der Waals surface area contributed by atoms with Crippen molar-refractivity contribution in [3.8, 4) is 0 Å². The van der Waals surface area contributed by atoms with Crippen LogP contribution in [-0.2, 0) is 9.53 Å². The van der Waals surface area contributed by atoms with Crippen molar-refractivity contribution < 1.29 is 9.53 Å². The molecule has 1 saturated heterocycles. The molecule has 0 spiro atoms. The first-order chi connectivity index (χ1) is 8.28. The third kappa shape index (κ3) is 3.29. The second-order valence-electron chi connectivity index (χ2n) is 5.78. The van der Waals surface area contributed by atoms with Crippen molar-refractivity contribution in [1.82, 2.24) is 4.90 Å². The van der Waals surface area contributed by atoms with E-state index in [1.807, 2.05) is 0 Å². The molecule has 1 aliphatic carbocycles. The first-order valence-electron chi connectivity index (χ1n) is 6.99. The molecule has 2 rings (SSSR count). The fraction of sp³-hybridized carbons (Fsp3) is 0.929. The van der Waals surface area contributed by atoms with Crippen LogP contribution in [0.1, 0.15) is 44.9 Å². The van der Waals surface area contributed by atoms with E-state index >= 15 is 0 Å². The number of piperidine rings is 1. The highest BCUT2D eigenvalue weighted by atomic mass is 16.5. The van der Waals surface area contributed by atoms with Crippen molar-refractivity contribution in [3.05, 3.63) is 0 Å². The summed E-state index contributed by atoms with van der Waals surface area (Å²) < 4.78 is 5.45. The molecule has 0 aromatic carbocycles. The Kier molecular flexibility index (Phi) is 4.57. The van der Waals surface area contributed by atoms with Gasteiger partial charge < -0.3 is 9.53 Å². The lowest BCUT2D eigenvalue weighted by molar-refractivity contribution is -0.119. The Bertz CT molecular complexity index is 249. The fourth-order valence-electron chi connectivity index (χ4n) is 3.36. The van der Waals surface area contributed by atoms with Gasteiger partial charge in [0.05, 0.1) is 6.10 Å². The summed E-state index contributed by atoms with van der Waals surface area (Å²) in [6.07, 6.45) is 9.90. The molecular weight excluding hydrogens is 214 g/mol. The third-order valence-electron chi connectivity index (χ3n) is 4.43. The van der Waals surface area contributed by atoms with E-state index in [4.69, 9.17) is 4.74 Å². The van der Waals surface area contributed by atoms with Crippen molar-refractivity contribution in [3.63, 3.8) is 0 Å². The van der Waals surface area contributed by atoms with Crippen LogP contribution in [0.4, 0.5) is 0 Å². The average Bonchev–Trinajstić information content (AvgIpc) is 2.40.